The van der Waals surface area contributed by atoms with Gasteiger partial charge in [0.25, 0.3) is 0 Å². The van der Waals surface area contributed by atoms with Crippen LogP contribution in [0.25, 0.3) is 11.0 Å². The second-order valence-electron chi connectivity index (χ2n) is 7.98. The fraction of sp³-hybridized carbons (Fsp3) is 0.429. The standard InChI is InChI=1S/C21H25N5/c1-14(2)15-3-4-18-17(11-15)21(6-9-22-10-7-21)12-26(18)20-16-5-8-23-19(16)24-13-25-20/h3-5,8,11,13-14,22H,6-7,9-10,12H2,1-2H3,(H,23,24,25). The highest BCUT2D eigenvalue weighted by atomic mass is 15.2. The van der Waals surface area contributed by atoms with Gasteiger partial charge in [0.05, 0.1) is 5.39 Å². The van der Waals surface area contributed by atoms with Crippen LogP contribution >= 0.6 is 0 Å². The van der Waals surface area contributed by atoms with Crippen molar-refractivity contribution in [1.29, 1.82) is 0 Å². The fourth-order valence-corrected chi connectivity index (χ4v) is 4.64. The lowest BCUT2D eigenvalue weighted by Gasteiger charge is -2.35. The van der Waals surface area contributed by atoms with Crippen molar-refractivity contribution in [3.8, 4) is 0 Å². The van der Waals surface area contributed by atoms with E-state index in [0.717, 1.165) is 36.5 Å². The van der Waals surface area contributed by atoms with Gasteiger partial charge >= 0.3 is 0 Å². The molecule has 2 N–H and O–H groups in total. The smallest absolute Gasteiger partial charge is 0.145 e. The average Bonchev–Trinajstić information content (AvgIpc) is 3.26. The third-order valence-electron chi connectivity index (χ3n) is 6.16. The number of nitrogens with zero attached hydrogens (tertiary/aromatic N) is 3. The summed E-state index contributed by atoms with van der Waals surface area (Å²) in [5, 5.41) is 4.63. The first-order valence-electron chi connectivity index (χ1n) is 9.59. The molecule has 2 aliphatic heterocycles. The zero-order valence-electron chi connectivity index (χ0n) is 15.4. The van der Waals surface area contributed by atoms with Crippen LogP contribution in [0.3, 0.4) is 0 Å². The van der Waals surface area contributed by atoms with E-state index >= 15 is 0 Å². The van der Waals surface area contributed by atoms with Crippen molar-refractivity contribution in [2.45, 2.75) is 38.0 Å². The maximum Gasteiger partial charge on any atom is 0.145 e. The molecular formula is C21H25N5. The van der Waals surface area contributed by atoms with Crippen molar-refractivity contribution in [3.63, 3.8) is 0 Å². The van der Waals surface area contributed by atoms with Crippen LogP contribution in [-0.2, 0) is 5.41 Å². The lowest BCUT2D eigenvalue weighted by Crippen LogP contribution is -2.42. The van der Waals surface area contributed by atoms with Crippen molar-refractivity contribution >= 4 is 22.5 Å². The Hall–Kier alpha value is -2.40. The molecule has 0 radical (unpaired) electrons. The predicted octanol–water partition coefficient (Wildman–Crippen LogP) is 3.85. The van der Waals surface area contributed by atoms with E-state index in [2.05, 4.69) is 63.3 Å². The maximum absolute atomic E-state index is 4.67. The molecule has 1 saturated heterocycles. The van der Waals surface area contributed by atoms with E-state index in [-0.39, 0.29) is 5.41 Å². The summed E-state index contributed by atoms with van der Waals surface area (Å²) in [4.78, 5) is 14.7. The van der Waals surface area contributed by atoms with Crippen molar-refractivity contribution in [2.24, 2.45) is 0 Å². The highest BCUT2D eigenvalue weighted by Gasteiger charge is 2.44. The van der Waals surface area contributed by atoms with Gasteiger partial charge in [-0.05, 0) is 55.1 Å². The third kappa shape index (κ3) is 2.27. The largest absolute Gasteiger partial charge is 0.346 e. The van der Waals surface area contributed by atoms with Crippen LogP contribution in [-0.4, -0.2) is 34.6 Å². The molecular weight excluding hydrogens is 322 g/mol. The second kappa shape index (κ2) is 5.81. The first kappa shape index (κ1) is 15.8. The number of piperidine rings is 1. The highest BCUT2D eigenvalue weighted by Crippen LogP contribution is 2.50. The SMILES string of the molecule is CC(C)c1ccc2c(c1)C1(CCNCC1)CN2c1ncnc2[nH]ccc12. The average molecular weight is 347 g/mol. The molecule has 2 aromatic heterocycles. The molecule has 1 spiro atoms. The van der Waals surface area contributed by atoms with E-state index in [1.807, 2.05) is 6.20 Å². The number of hydrogen-bond donors (Lipinski definition) is 2. The number of hydrogen-bond acceptors (Lipinski definition) is 4. The molecule has 0 aliphatic carbocycles. The van der Waals surface area contributed by atoms with Gasteiger partial charge in [-0.1, -0.05) is 26.0 Å². The van der Waals surface area contributed by atoms with E-state index in [1.165, 1.54) is 29.7 Å². The number of rotatable bonds is 2. The van der Waals surface area contributed by atoms with Crippen LogP contribution in [0.1, 0.15) is 43.7 Å². The van der Waals surface area contributed by atoms with Crippen molar-refractivity contribution in [1.82, 2.24) is 20.3 Å². The molecule has 0 atom stereocenters. The quantitative estimate of drug-likeness (QED) is 0.739. The van der Waals surface area contributed by atoms with Crippen molar-refractivity contribution < 1.29 is 0 Å². The minimum Gasteiger partial charge on any atom is -0.346 e. The van der Waals surface area contributed by atoms with Gasteiger partial charge in [-0.2, -0.15) is 0 Å². The Balaban J connectivity index is 1.69. The van der Waals surface area contributed by atoms with Gasteiger partial charge in [0, 0.05) is 23.8 Å². The van der Waals surface area contributed by atoms with Crippen LogP contribution in [0.2, 0.25) is 0 Å². The summed E-state index contributed by atoms with van der Waals surface area (Å²) < 4.78 is 0. The van der Waals surface area contributed by atoms with Gasteiger partial charge in [0.15, 0.2) is 0 Å². The number of fused-ring (bicyclic) bond motifs is 3. The Bertz CT molecular complexity index is 952. The Kier molecular flexibility index (Phi) is 3.54. The Morgan fingerprint density at radius 2 is 1.96 bits per heavy atom. The summed E-state index contributed by atoms with van der Waals surface area (Å²) in [6.07, 6.45) is 5.98. The lowest BCUT2D eigenvalue weighted by atomic mass is 9.74. The summed E-state index contributed by atoms with van der Waals surface area (Å²) in [6, 6.07) is 9.13. The zero-order valence-corrected chi connectivity index (χ0v) is 15.4. The van der Waals surface area contributed by atoms with Crippen molar-refractivity contribution in [3.05, 3.63) is 47.9 Å². The van der Waals surface area contributed by atoms with Crippen molar-refractivity contribution in [2.75, 3.05) is 24.5 Å². The number of nitrogens with one attached hydrogen (secondary N) is 2. The van der Waals surface area contributed by atoms with Gasteiger partial charge in [0.1, 0.15) is 17.8 Å². The molecule has 26 heavy (non-hydrogen) atoms. The molecule has 2 aliphatic rings. The number of benzene rings is 1. The number of aromatic nitrogens is 3. The first-order chi connectivity index (χ1) is 12.7. The molecule has 5 nitrogen and oxygen atoms in total. The van der Waals surface area contributed by atoms with Gasteiger partial charge in [-0.3, -0.25) is 0 Å². The topological polar surface area (TPSA) is 56.8 Å². The number of anilines is 2. The molecule has 0 amide bonds. The molecule has 134 valence electrons. The minimum absolute atomic E-state index is 0.221. The lowest BCUT2D eigenvalue weighted by molar-refractivity contribution is 0.329. The molecule has 5 rings (SSSR count). The molecule has 5 heteroatoms. The summed E-state index contributed by atoms with van der Waals surface area (Å²) in [6.45, 7) is 7.72. The van der Waals surface area contributed by atoms with Gasteiger partial charge < -0.3 is 15.2 Å². The Labute approximate surface area is 153 Å². The molecule has 1 fully saturated rings. The fourth-order valence-electron chi connectivity index (χ4n) is 4.64. The van der Waals surface area contributed by atoms with E-state index < -0.39 is 0 Å². The van der Waals surface area contributed by atoms with Crippen LogP contribution < -0.4 is 10.2 Å². The zero-order chi connectivity index (χ0) is 17.7. The van der Waals surface area contributed by atoms with Crippen LogP contribution in [0.5, 0.6) is 0 Å². The van der Waals surface area contributed by atoms with Crippen LogP contribution in [0, 0.1) is 0 Å². The van der Waals surface area contributed by atoms with Gasteiger partial charge in [-0.25, -0.2) is 9.97 Å². The third-order valence-corrected chi connectivity index (χ3v) is 6.16. The number of aromatic amines is 1. The minimum atomic E-state index is 0.221. The van der Waals surface area contributed by atoms with E-state index in [0.29, 0.717) is 5.92 Å². The van der Waals surface area contributed by atoms with Gasteiger partial charge in [-0.15, -0.1) is 0 Å². The normalized spacial score (nSPS) is 18.8. The molecule has 3 aromatic rings. The molecule has 0 bridgehead atoms. The predicted molar refractivity (Wildman–Crippen MR) is 105 cm³/mol. The van der Waals surface area contributed by atoms with Crippen LogP contribution in [0.15, 0.2) is 36.8 Å². The first-order valence-corrected chi connectivity index (χ1v) is 9.59. The Morgan fingerprint density at radius 1 is 1.12 bits per heavy atom. The van der Waals surface area contributed by atoms with E-state index in [9.17, 15) is 0 Å². The van der Waals surface area contributed by atoms with E-state index in [1.54, 1.807) is 6.33 Å². The molecule has 1 aromatic carbocycles. The summed E-state index contributed by atoms with van der Waals surface area (Å²) >= 11 is 0. The monoisotopic (exact) mass is 347 g/mol. The maximum atomic E-state index is 4.67. The summed E-state index contributed by atoms with van der Waals surface area (Å²) in [5.41, 5.74) is 5.38. The Morgan fingerprint density at radius 3 is 2.77 bits per heavy atom. The van der Waals surface area contributed by atoms with E-state index in [4.69, 9.17) is 0 Å². The summed E-state index contributed by atoms with van der Waals surface area (Å²) in [7, 11) is 0. The molecule has 4 heterocycles. The number of H-pyrrole nitrogens is 1. The molecule has 0 saturated carbocycles. The molecule has 0 unspecified atom stereocenters. The van der Waals surface area contributed by atoms with Crippen LogP contribution in [0.4, 0.5) is 11.5 Å². The van der Waals surface area contributed by atoms with Gasteiger partial charge in [0.2, 0.25) is 0 Å². The summed E-state index contributed by atoms with van der Waals surface area (Å²) in [5.74, 6) is 1.56. The second-order valence-corrected chi connectivity index (χ2v) is 7.98. The highest BCUT2D eigenvalue weighted by molar-refractivity contribution is 5.91.